The van der Waals surface area contributed by atoms with Crippen LogP contribution in [-0.2, 0) is 9.53 Å². The second-order valence-corrected chi connectivity index (χ2v) is 2.58. The molecule has 11 heavy (non-hydrogen) atoms. The van der Waals surface area contributed by atoms with Gasteiger partial charge >= 0.3 is 6.09 Å². The molecule has 0 saturated carbocycles. The third-order valence-corrected chi connectivity index (χ3v) is 1.90. The van der Waals surface area contributed by atoms with Crippen LogP contribution < -0.4 is 0 Å². The number of nitrogens with zero attached hydrogens (tertiary/aromatic N) is 1. The summed E-state index contributed by atoms with van der Waals surface area (Å²) < 4.78 is 4.47. The Hall–Kier alpha value is -1.06. The maximum absolute atomic E-state index is 10.9. The normalized spacial score (nSPS) is 22.4. The quantitative estimate of drug-likeness (QED) is 0.554. The lowest BCUT2D eigenvalue weighted by Crippen LogP contribution is -2.54. The molecule has 1 rings (SSSR count). The van der Waals surface area contributed by atoms with Crippen molar-refractivity contribution in [3.05, 3.63) is 0 Å². The summed E-state index contributed by atoms with van der Waals surface area (Å²) in [5, 5.41) is 0. The summed E-state index contributed by atoms with van der Waals surface area (Å²) in [6, 6.07) is -0.234. The second kappa shape index (κ2) is 2.90. The number of methoxy groups -OCH3 is 1. The lowest BCUT2D eigenvalue weighted by atomic mass is 10.0. The Labute approximate surface area is 65.1 Å². The molecule has 0 aromatic heterocycles. The summed E-state index contributed by atoms with van der Waals surface area (Å²) in [5.41, 5.74) is 0. The molecule has 1 heterocycles. The van der Waals surface area contributed by atoms with Crippen LogP contribution in [0.3, 0.4) is 0 Å². The average molecular weight is 157 g/mol. The van der Waals surface area contributed by atoms with Gasteiger partial charge in [-0.05, 0) is 13.3 Å². The second-order valence-electron chi connectivity index (χ2n) is 2.58. The van der Waals surface area contributed by atoms with Gasteiger partial charge in [0.15, 0.2) is 5.78 Å². The van der Waals surface area contributed by atoms with E-state index in [0.717, 1.165) is 6.42 Å². The fourth-order valence-electron chi connectivity index (χ4n) is 1.15. The monoisotopic (exact) mass is 157 g/mol. The van der Waals surface area contributed by atoms with Crippen LogP contribution in [0.25, 0.3) is 0 Å². The first-order valence-corrected chi connectivity index (χ1v) is 3.52. The first kappa shape index (κ1) is 8.04. The Morgan fingerprint density at radius 2 is 2.18 bits per heavy atom. The highest BCUT2D eigenvalue weighted by atomic mass is 16.5. The molecule has 1 amide bonds. The van der Waals surface area contributed by atoms with E-state index in [4.69, 9.17) is 0 Å². The van der Waals surface area contributed by atoms with E-state index in [1.54, 1.807) is 0 Å². The zero-order valence-electron chi connectivity index (χ0n) is 6.66. The minimum Gasteiger partial charge on any atom is -0.453 e. The van der Waals surface area contributed by atoms with Crippen LogP contribution in [0.2, 0.25) is 0 Å². The van der Waals surface area contributed by atoms with Crippen molar-refractivity contribution in [2.45, 2.75) is 19.4 Å². The predicted octanol–water partition coefficient (Wildman–Crippen LogP) is 0.416. The standard InChI is InChI=1S/C7H11NO3/c1-5(9)6-3-4-8(6)7(10)11-2/h6H,3-4H2,1-2H3/t6-/m0/s1. The number of hydrogen-bond acceptors (Lipinski definition) is 3. The number of likely N-dealkylation sites (tertiary alicyclic amines) is 1. The lowest BCUT2D eigenvalue weighted by molar-refractivity contribution is -0.125. The summed E-state index contributed by atoms with van der Waals surface area (Å²) in [5.74, 6) is 0.0293. The van der Waals surface area contributed by atoms with Crippen LogP contribution in [0.15, 0.2) is 0 Å². The van der Waals surface area contributed by atoms with E-state index in [-0.39, 0.29) is 11.8 Å². The topological polar surface area (TPSA) is 46.6 Å². The molecule has 1 atom stereocenters. The zero-order valence-corrected chi connectivity index (χ0v) is 6.66. The van der Waals surface area contributed by atoms with E-state index in [1.165, 1.54) is 18.9 Å². The van der Waals surface area contributed by atoms with Gasteiger partial charge in [-0.3, -0.25) is 9.69 Å². The van der Waals surface area contributed by atoms with Gasteiger partial charge in [-0.1, -0.05) is 0 Å². The number of carbonyl (C=O) groups excluding carboxylic acids is 2. The molecule has 62 valence electrons. The van der Waals surface area contributed by atoms with Crippen LogP contribution in [0.4, 0.5) is 4.79 Å². The molecule has 1 fully saturated rings. The summed E-state index contributed by atoms with van der Waals surface area (Å²) in [6.45, 7) is 2.12. The van der Waals surface area contributed by atoms with E-state index in [1.807, 2.05) is 0 Å². The highest BCUT2D eigenvalue weighted by molar-refractivity contribution is 5.86. The molecule has 4 heteroatoms. The van der Waals surface area contributed by atoms with Gasteiger partial charge in [-0.15, -0.1) is 0 Å². The Morgan fingerprint density at radius 3 is 2.45 bits per heavy atom. The van der Waals surface area contributed by atoms with Crippen LogP contribution in [0, 0.1) is 0 Å². The third kappa shape index (κ3) is 1.34. The van der Waals surface area contributed by atoms with Crippen LogP contribution >= 0.6 is 0 Å². The smallest absolute Gasteiger partial charge is 0.410 e. The number of rotatable bonds is 1. The van der Waals surface area contributed by atoms with Gasteiger partial charge < -0.3 is 4.74 Å². The van der Waals surface area contributed by atoms with Crippen molar-refractivity contribution < 1.29 is 14.3 Å². The molecule has 1 aliphatic rings. The van der Waals surface area contributed by atoms with E-state index in [2.05, 4.69) is 4.74 Å². The Morgan fingerprint density at radius 1 is 1.55 bits per heavy atom. The largest absolute Gasteiger partial charge is 0.453 e. The molecule has 0 aromatic carbocycles. The van der Waals surface area contributed by atoms with Crippen molar-refractivity contribution in [3.63, 3.8) is 0 Å². The van der Waals surface area contributed by atoms with Crippen molar-refractivity contribution in [1.29, 1.82) is 0 Å². The highest BCUT2D eigenvalue weighted by Crippen LogP contribution is 2.18. The summed E-state index contributed by atoms with van der Waals surface area (Å²) >= 11 is 0. The Kier molecular flexibility index (Phi) is 2.12. The first-order chi connectivity index (χ1) is 5.16. The van der Waals surface area contributed by atoms with Crippen LogP contribution in [0.1, 0.15) is 13.3 Å². The van der Waals surface area contributed by atoms with E-state index in [9.17, 15) is 9.59 Å². The molecule has 0 unspecified atom stereocenters. The summed E-state index contributed by atoms with van der Waals surface area (Å²) in [4.78, 5) is 23.1. The fourth-order valence-corrected chi connectivity index (χ4v) is 1.15. The maximum Gasteiger partial charge on any atom is 0.410 e. The number of carbonyl (C=O) groups is 2. The van der Waals surface area contributed by atoms with E-state index in [0.29, 0.717) is 6.54 Å². The van der Waals surface area contributed by atoms with Gasteiger partial charge in [-0.2, -0.15) is 0 Å². The van der Waals surface area contributed by atoms with Gasteiger partial charge in [0.05, 0.1) is 13.2 Å². The molecular weight excluding hydrogens is 146 g/mol. The minimum absolute atomic E-state index is 0.0293. The molecule has 0 aromatic rings. The van der Waals surface area contributed by atoms with Crippen molar-refractivity contribution >= 4 is 11.9 Å². The van der Waals surface area contributed by atoms with Crippen LogP contribution in [0.5, 0.6) is 0 Å². The summed E-state index contributed by atoms with van der Waals surface area (Å²) in [6.07, 6.45) is 0.362. The maximum atomic E-state index is 10.9. The van der Waals surface area contributed by atoms with Gasteiger partial charge in [0.2, 0.25) is 0 Å². The lowest BCUT2D eigenvalue weighted by Gasteiger charge is -2.37. The van der Waals surface area contributed by atoms with Crippen molar-refractivity contribution in [2.24, 2.45) is 0 Å². The molecule has 0 spiro atoms. The fraction of sp³-hybridized carbons (Fsp3) is 0.714. The van der Waals surface area contributed by atoms with Crippen molar-refractivity contribution in [3.8, 4) is 0 Å². The molecule has 1 saturated heterocycles. The van der Waals surface area contributed by atoms with Gasteiger partial charge in [0.25, 0.3) is 0 Å². The van der Waals surface area contributed by atoms with E-state index < -0.39 is 6.09 Å². The average Bonchev–Trinajstić information content (AvgIpc) is 1.83. The molecule has 0 bridgehead atoms. The first-order valence-electron chi connectivity index (χ1n) is 3.52. The van der Waals surface area contributed by atoms with Gasteiger partial charge in [-0.25, -0.2) is 4.79 Å². The predicted molar refractivity (Wildman–Crippen MR) is 38.2 cm³/mol. The molecule has 4 nitrogen and oxygen atoms in total. The Bertz CT molecular complexity index is 190. The highest BCUT2D eigenvalue weighted by Gasteiger charge is 2.35. The summed E-state index contributed by atoms with van der Waals surface area (Å²) in [7, 11) is 1.32. The minimum atomic E-state index is -0.406. The van der Waals surface area contributed by atoms with E-state index >= 15 is 0 Å². The Balaban J connectivity index is 2.49. The molecule has 0 radical (unpaired) electrons. The number of amides is 1. The van der Waals surface area contributed by atoms with Crippen LogP contribution in [-0.4, -0.2) is 36.5 Å². The number of Topliss-reactive ketones (excluding diaryl/α,β-unsaturated/α-hetero) is 1. The van der Waals surface area contributed by atoms with Crippen molar-refractivity contribution in [1.82, 2.24) is 4.90 Å². The third-order valence-electron chi connectivity index (χ3n) is 1.90. The molecule has 0 aliphatic carbocycles. The molecular formula is C7H11NO3. The number of ketones is 1. The SMILES string of the molecule is COC(=O)N1CC[C@H]1C(C)=O. The number of hydrogen-bond donors (Lipinski definition) is 0. The molecule has 0 N–H and O–H groups in total. The zero-order chi connectivity index (χ0) is 8.43. The molecule has 1 aliphatic heterocycles. The van der Waals surface area contributed by atoms with Gasteiger partial charge in [0, 0.05) is 6.54 Å². The van der Waals surface area contributed by atoms with Gasteiger partial charge in [0.1, 0.15) is 0 Å². The number of ether oxygens (including phenoxy) is 1. The van der Waals surface area contributed by atoms with Crippen molar-refractivity contribution in [2.75, 3.05) is 13.7 Å².